The fourth-order valence-electron chi connectivity index (χ4n) is 1.93. The molecule has 5 nitrogen and oxygen atoms in total. The third-order valence-electron chi connectivity index (χ3n) is 2.96. The molecule has 0 aliphatic heterocycles. The van der Waals surface area contributed by atoms with Gasteiger partial charge in [0.2, 0.25) is 0 Å². The minimum absolute atomic E-state index is 0.0499. The lowest BCUT2D eigenvalue weighted by Crippen LogP contribution is -2.06. The SMILES string of the molecule is Nc1c(F)cc2c(=O)cc(-c3ccccn3)oc2c1N. The zero-order chi connectivity index (χ0) is 14.3. The van der Waals surface area contributed by atoms with E-state index in [0.29, 0.717) is 5.69 Å². The summed E-state index contributed by atoms with van der Waals surface area (Å²) in [6.07, 6.45) is 1.57. The van der Waals surface area contributed by atoms with E-state index < -0.39 is 11.2 Å². The first-order valence-electron chi connectivity index (χ1n) is 5.80. The Balaban J connectivity index is 2.38. The van der Waals surface area contributed by atoms with Crippen LogP contribution in [0.1, 0.15) is 0 Å². The average molecular weight is 271 g/mol. The molecule has 0 fully saturated rings. The van der Waals surface area contributed by atoms with Gasteiger partial charge >= 0.3 is 0 Å². The third kappa shape index (κ3) is 1.78. The number of hydrogen-bond donors (Lipinski definition) is 2. The minimum atomic E-state index is -0.743. The number of nitrogen functional groups attached to an aromatic ring is 2. The van der Waals surface area contributed by atoms with Crippen LogP contribution in [0.5, 0.6) is 0 Å². The summed E-state index contributed by atoms with van der Waals surface area (Å²) >= 11 is 0. The van der Waals surface area contributed by atoms with Gasteiger partial charge in [0.05, 0.1) is 11.1 Å². The van der Waals surface area contributed by atoms with Crippen molar-refractivity contribution in [3.63, 3.8) is 0 Å². The lowest BCUT2D eigenvalue weighted by molar-refractivity contribution is 0.610. The third-order valence-corrected chi connectivity index (χ3v) is 2.96. The molecule has 3 rings (SSSR count). The van der Waals surface area contributed by atoms with Crippen molar-refractivity contribution in [2.45, 2.75) is 0 Å². The molecule has 6 heteroatoms. The summed E-state index contributed by atoms with van der Waals surface area (Å²) in [5.74, 6) is -0.492. The largest absolute Gasteiger partial charge is 0.452 e. The van der Waals surface area contributed by atoms with Crippen molar-refractivity contribution in [2.24, 2.45) is 0 Å². The maximum Gasteiger partial charge on any atom is 0.193 e. The van der Waals surface area contributed by atoms with Gasteiger partial charge in [-0.3, -0.25) is 9.78 Å². The van der Waals surface area contributed by atoms with E-state index in [1.807, 2.05) is 0 Å². The summed E-state index contributed by atoms with van der Waals surface area (Å²) in [5, 5.41) is 0.0499. The molecule has 0 bridgehead atoms. The number of fused-ring (bicyclic) bond motifs is 1. The lowest BCUT2D eigenvalue weighted by atomic mass is 10.1. The number of halogens is 1. The van der Waals surface area contributed by atoms with Crippen LogP contribution in [0.15, 0.2) is 45.7 Å². The van der Waals surface area contributed by atoms with Crippen molar-refractivity contribution in [3.8, 4) is 11.5 Å². The van der Waals surface area contributed by atoms with Crippen LogP contribution in [0.25, 0.3) is 22.4 Å². The summed E-state index contributed by atoms with van der Waals surface area (Å²) < 4.78 is 19.1. The molecule has 0 saturated heterocycles. The topological polar surface area (TPSA) is 95.1 Å². The molecule has 0 aliphatic rings. The Morgan fingerprint density at radius 3 is 2.65 bits per heavy atom. The highest BCUT2D eigenvalue weighted by molar-refractivity contribution is 5.94. The monoisotopic (exact) mass is 271 g/mol. The molecular weight excluding hydrogens is 261 g/mol. The zero-order valence-corrected chi connectivity index (χ0v) is 10.3. The van der Waals surface area contributed by atoms with Crippen molar-refractivity contribution in [1.29, 1.82) is 0 Å². The van der Waals surface area contributed by atoms with E-state index in [4.69, 9.17) is 15.9 Å². The standard InChI is InChI=1S/C14H10FN3O2/c15-8-5-7-10(19)6-11(9-3-1-2-4-18-9)20-14(7)13(17)12(8)16/h1-6H,16-17H2. The van der Waals surface area contributed by atoms with E-state index >= 15 is 0 Å². The molecule has 0 spiro atoms. The second kappa shape index (κ2) is 4.34. The van der Waals surface area contributed by atoms with Crippen LogP contribution in [0.3, 0.4) is 0 Å². The van der Waals surface area contributed by atoms with Gasteiger partial charge in [0, 0.05) is 12.3 Å². The van der Waals surface area contributed by atoms with Crippen molar-refractivity contribution in [2.75, 3.05) is 11.5 Å². The quantitative estimate of drug-likeness (QED) is 0.661. The lowest BCUT2D eigenvalue weighted by Gasteiger charge is -2.07. The highest BCUT2D eigenvalue weighted by Crippen LogP contribution is 2.30. The van der Waals surface area contributed by atoms with Crippen molar-refractivity contribution in [1.82, 2.24) is 4.98 Å². The van der Waals surface area contributed by atoms with Crippen molar-refractivity contribution < 1.29 is 8.81 Å². The number of nitrogens with zero attached hydrogens (tertiary/aromatic N) is 1. The van der Waals surface area contributed by atoms with Crippen LogP contribution in [0, 0.1) is 5.82 Å². The second-order valence-corrected chi connectivity index (χ2v) is 4.25. The summed E-state index contributed by atoms with van der Waals surface area (Å²) in [6, 6.07) is 7.46. The number of nitrogens with two attached hydrogens (primary N) is 2. The first-order chi connectivity index (χ1) is 9.58. The summed E-state index contributed by atoms with van der Waals surface area (Å²) in [4.78, 5) is 16.1. The maximum atomic E-state index is 13.5. The Bertz CT molecular complexity index is 860. The minimum Gasteiger partial charge on any atom is -0.452 e. The first kappa shape index (κ1) is 12.2. The molecule has 100 valence electrons. The van der Waals surface area contributed by atoms with Crippen LogP contribution in [-0.4, -0.2) is 4.98 Å². The molecule has 2 aromatic heterocycles. The van der Waals surface area contributed by atoms with Gasteiger partial charge in [-0.1, -0.05) is 6.07 Å². The number of anilines is 2. The molecule has 4 N–H and O–H groups in total. The van der Waals surface area contributed by atoms with E-state index in [2.05, 4.69) is 4.98 Å². The summed E-state index contributed by atoms with van der Waals surface area (Å²) in [5.41, 5.74) is 11.0. The van der Waals surface area contributed by atoms with Crippen LogP contribution in [0.4, 0.5) is 15.8 Å². The average Bonchev–Trinajstić information content (AvgIpc) is 2.47. The van der Waals surface area contributed by atoms with Gasteiger partial charge in [0.1, 0.15) is 17.2 Å². The fraction of sp³-hybridized carbons (Fsp3) is 0. The number of aromatic nitrogens is 1. The summed E-state index contributed by atoms with van der Waals surface area (Å²) in [7, 11) is 0. The molecule has 3 aromatic rings. The Hall–Kier alpha value is -2.89. The Morgan fingerprint density at radius 1 is 1.15 bits per heavy atom. The molecule has 1 aromatic carbocycles. The molecule has 20 heavy (non-hydrogen) atoms. The van der Waals surface area contributed by atoms with Crippen molar-refractivity contribution in [3.05, 3.63) is 52.6 Å². The fourth-order valence-corrected chi connectivity index (χ4v) is 1.93. The second-order valence-electron chi connectivity index (χ2n) is 4.25. The van der Waals surface area contributed by atoms with Gasteiger partial charge < -0.3 is 15.9 Å². The highest BCUT2D eigenvalue weighted by atomic mass is 19.1. The van der Waals surface area contributed by atoms with Gasteiger partial charge in [-0.25, -0.2) is 4.39 Å². The van der Waals surface area contributed by atoms with E-state index in [9.17, 15) is 9.18 Å². The van der Waals surface area contributed by atoms with E-state index in [1.54, 1.807) is 24.4 Å². The highest BCUT2D eigenvalue weighted by Gasteiger charge is 2.15. The van der Waals surface area contributed by atoms with E-state index in [0.717, 1.165) is 6.07 Å². The van der Waals surface area contributed by atoms with Gasteiger partial charge in [-0.15, -0.1) is 0 Å². The Kier molecular flexibility index (Phi) is 2.64. The molecule has 0 radical (unpaired) electrons. The van der Waals surface area contributed by atoms with E-state index in [-0.39, 0.29) is 28.1 Å². The molecule has 0 unspecified atom stereocenters. The number of pyridine rings is 1. The van der Waals surface area contributed by atoms with Gasteiger partial charge in [0.25, 0.3) is 0 Å². The van der Waals surface area contributed by atoms with Gasteiger partial charge in [-0.2, -0.15) is 0 Å². The van der Waals surface area contributed by atoms with E-state index in [1.165, 1.54) is 6.07 Å². The van der Waals surface area contributed by atoms with Crippen LogP contribution >= 0.6 is 0 Å². The Morgan fingerprint density at radius 2 is 1.95 bits per heavy atom. The van der Waals surface area contributed by atoms with Gasteiger partial charge in [-0.05, 0) is 18.2 Å². The smallest absolute Gasteiger partial charge is 0.193 e. The predicted octanol–water partition coefficient (Wildman–Crippen LogP) is 2.16. The van der Waals surface area contributed by atoms with Crippen LogP contribution in [-0.2, 0) is 0 Å². The maximum absolute atomic E-state index is 13.5. The Labute approximate surface area is 112 Å². The molecule has 0 saturated carbocycles. The summed E-state index contributed by atoms with van der Waals surface area (Å²) in [6.45, 7) is 0. The molecule has 2 heterocycles. The molecule has 0 aliphatic carbocycles. The molecular formula is C14H10FN3O2. The van der Waals surface area contributed by atoms with Gasteiger partial charge in [0.15, 0.2) is 16.8 Å². The molecule has 0 amide bonds. The normalized spacial score (nSPS) is 10.8. The van der Waals surface area contributed by atoms with Crippen LogP contribution < -0.4 is 16.9 Å². The van der Waals surface area contributed by atoms with Crippen molar-refractivity contribution >= 4 is 22.3 Å². The number of rotatable bonds is 1. The van der Waals surface area contributed by atoms with Crippen LogP contribution in [0.2, 0.25) is 0 Å². The zero-order valence-electron chi connectivity index (χ0n) is 10.3. The first-order valence-corrected chi connectivity index (χ1v) is 5.80. The predicted molar refractivity (Wildman–Crippen MR) is 74.5 cm³/mol. The molecule has 0 atom stereocenters. The number of hydrogen-bond acceptors (Lipinski definition) is 5. The number of benzene rings is 1.